The highest BCUT2D eigenvalue weighted by Gasteiger charge is 2.45. The highest BCUT2D eigenvalue weighted by atomic mass is 35.5. The molecule has 3 aliphatic heterocycles. The Morgan fingerprint density at radius 1 is 0.855 bits per heavy atom. The van der Waals surface area contributed by atoms with Crippen LogP contribution in [0.5, 0.6) is 0 Å². The van der Waals surface area contributed by atoms with E-state index in [4.69, 9.17) is 42.7 Å². The van der Waals surface area contributed by atoms with E-state index in [1.807, 2.05) is 80.7 Å². The molecule has 2 atom stereocenters. The fourth-order valence-electron chi connectivity index (χ4n) is 8.26. The topological polar surface area (TPSA) is 160 Å². The largest absolute Gasteiger partial charge is 0.378 e. The first-order valence-corrected chi connectivity index (χ1v) is 20.8. The van der Waals surface area contributed by atoms with Gasteiger partial charge in [-0.3, -0.25) is 14.5 Å². The lowest BCUT2D eigenvalue weighted by Gasteiger charge is -2.46. The second-order valence-electron chi connectivity index (χ2n) is 16.1. The number of methoxy groups -OCH3 is 2. The average Bonchev–Trinajstić information content (AvgIpc) is 3.79. The molecular formula is C45H42Cl2N10O5. The fourth-order valence-corrected chi connectivity index (χ4v) is 8.75. The van der Waals surface area contributed by atoms with Crippen molar-refractivity contribution in [2.24, 2.45) is 4.99 Å². The lowest BCUT2D eigenvalue weighted by Crippen LogP contribution is -2.63. The second kappa shape index (κ2) is 16.5. The van der Waals surface area contributed by atoms with Gasteiger partial charge in [0, 0.05) is 68.9 Å². The van der Waals surface area contributed by atoms with Crippen LogP contribution in [0.4, 0.5) is 21.9 Å². The Labute approximate surface area is 367 Å². The highest BCUT2D eigenvalue weighted by molar-refractivity contribution is 6.34. The van der Waals surface area contributed by atoms with Crippen molar-refractivity contribution in [2.45, 2.75) is 43.9 Å². The number of anilines is 2. The average molecular weight is 874 g/mol. The summed E-state index contributed by atoms with van der Waals surface area (Å²) in [5.74, 6) is -0.621. The van der Waals surface area contributed by atoms with Crippen LogP contribution < -0.4 is 10.2 Å². The standard InChI is InChI=1S/C45H42Cl2N10O5/c1-45(2)25-56(44(60)53-29-16-32(46)39(48-19-29)42(58)54-22-31(23-54)61-3)35-20-50-57-21-30(52-41(57)37(35)45)17-34-36(62-4)24-55(34)43(59)40-33(47)15-28(18-49-40)51-38(26-11-7-5-8-12-26)27-13-9-6-10-14-27/h5-16,18-21,31,34,36H,17,22-25H2,1-4H3,(H,53,60). The maximum Gasteiger partial charge on any atom is 0.326 e. The van der Waals surface area contributed by atoms with Crippen molar-refractivity contribution in [1.82, 2.24) is 34.4 Å². The summed E-state index contributed by atoms with van der Waals surface area (Å²) in [5.41, 5.74) is 5.95. The molecule has 4 amide bonds. The normalized spacial score (nSPS) is 17.9. The number of pyridine rings is 2. The number of imidazole rings is 1. The molecule has 0 saturated carbocycles. The first-order valence-electron chi connectivity index (χ1n) is 20.0. The third kappa shape index (κ3) is 7.65. The Bertz CT molecular complexity index is 2700. The molecule has 316 valence electrons. The third-order valence-electron chi connectivity index (χ3n) is 11.6. The Morgan fingerprint density at radius 3 is 2.16 bits per heavy atom. The van der Waals surface area contributed by atoms with Crippen LogP contribution in [0.15, 0.2) is 103 Å². The van der Waals surface area contributed by atoms with Gasteiger partial charge in [0.25, 0.3) is 11.8 Å². The summed E-state index contributed by atoms with van der Waals surface area (Å²) in [6.45, 7) is 5.72. The number of carbonyl (C=O) groups is 3. The van der Waals surface area contributed by atoms with Crippen LogP contribution in [-0.2, 0) is 21.3 Å². The summed E-state index contributed by atoms with van der Waals surface area (Å²) in [4.78, 5) is 64.3. The van der Waals surface area contributed by atoms with E-state index >= 15 is 0 Å². The Morgan fingerprint density at radius 2 is 1.52 bits per heavy atom. The number of likely N-dealkylation sites (tertiary alicyclic amines) is 2. The summed E-state index contributed by atoms with van der Waals surface area (Å²) in [6.07, 6.45) is 6.59. The van der Waals surface area contributed by atoms with E-state index in [9.17, 15) is 14.4 Å². The molecule has 15 nitrogen and oxygen atoms in total. The minimum absolute atomic E-state index is 0.00439. The Hall–Kier alpha value is -6.26. The van der Waals surface area contributed by atoms with Crippen molar-refractivity contribution in [2.75, 3.05) is 50.6 Å². The van der Waals surface area contributed by atoms with Gasteiger partial charge in [-0.1, -0.05) is 97.7 Å². The number of fused-ring (bicyclic) bond motifs is 3. The molecule has 4 aromatic heterocycles. The van der Waals surface area contributed by atoms with Crippen molar-refractivity contribution in [3.8, 4) is 0 Å². The van der Waals surface area contributed by atoms with Crippen LogP contribution in [0.3, 0.4) is 0 Å². The number of ether oxygens (including phenoxy) is 2. The molecule has 2 fully saturated rings. The Balaban J connectivity index is 0.915. The van der Waals surface area contributed by atoms with Crippen molar-refractivity contribution < 1.29 is 23.9 Å². The quantitative estimate of drug-likeness (QED) is 0.145. The van der Waals surface area contributed by atoms with Crippen LogP contribution in [-0.4, -0.2) is 117 Å². The van der Waals surface area contributed by atoms with Gasteiger partial charge in [-0.15, -0.1) is 0 Å². The maximum absolute atomic E-state index is 14.0. The second-order valence-corrected chi connectivity index (χ2v) is 17.0. The number of carbonyl (C=O) groups excluding carboxylic acids is 3. The zero-order valence-electron chi connectivity index (χ0n) is 34.3. The van der Waals surface area contributed by atoms with Gasteiger partial charge in [-0.25, -0.2) is 29.3 Å². The predicted octanol–water partition coefficient (Wildman–Crippen LogP) is 6.88. The number of urea groups is 1. The summed E-state index contributed by atoms with van der Waals surface area (Å²) < 4.78 is 12.7. The predicted molar refractivity (Wildman–Crippen MR) is 235 cm³/mol. The number of benzene rings is 2. The van der Waals surface area contributed by atoms with E-state index in [0.29, 0.717) is 61.0 Å². The minimum atomic E-state index is -0.502. The zero-order chi connectivity index (χ0) is 43.3. The van der Waals surface area contributed by atoms with Crippen LogP contribution in [0.2, 0.25) is 10.0 Å². The molecule has 62 heavy (non-hydrogen) atoms. The number of hydrogen-bond donors (Lipinski definition) is 1. The molecule has 0 spiro atoms. The summed E-state index contributed by atoms with van der Waals surface area (Å²) in [7, 11) is 3.23. The molecule has 0 radical (unpaired) electrons. The maximum atomic E-state index is 14.0. The van der Waals surface area contributed by atoms with Crippen molar-refractivity contribution in [3.05, 3.63) is 141 Å². The van der Waals surface area contributed by atoms with E-state index in [0.717, 1.165) is 22.4 Å². The van der Waals surface area contributed by atoms with Crippen molar-refractivity contribution in [3.63, 3.8) is 0 Å². The monoisotopic (exact) mass is 872 g/mol. The van der Waals surface area contributed by atoms with Gasteiger partial charge in [0.2, 0.25) is 0 Å². The minimum Gasteiger partial charge on any atom is -0.378 e. The zero-order valence-corrected chi connectivity index (χ0v) is 35.8. The van der Waals surface area contributed by atoms with Gasteiger partial charge in [0.1, 0.15) is 11.4 Å². The number of hydrogen-bond acceptors (Lipinski definition) is 10. The molecule has 0 aliphatic carbocycles. The SMILES string of the molecule is COC1CN(C(=O)c2ncc(NC(=O)N3CC(C)(C)c4c3cnn3cc(CC5C(OC)CN5C(=O)c5ncc(N=C(c6ccccc6)c6ccccc6)cc5Cl)nc43)cc2Cl)C1. The lowest BCUT2D eigenvalue weighted by atomic mass is 9.88. The van der Waals surface area contributed by atoms with Gasteiger partial charge in [0.05, 0.1) is 81.6 Å². The number of nitrogens with zero attached hydrogens (tertiary/aromatic N) is 9. The van der Waals surface area contributed by atoms with Gasteiger partial charge in [-0.2, -0.15) is 5.10 Å². The van der Waals surface area contributed by atoms with Gasteiger partial charge < -0.3 is 24.6 Å². The van der Waals surface area contributed by atoms with Gasteiger partial charge in [-0.05, 0) is 12.1 Å². The number of amides is 4. The van der Waals surface area contributed by atoms with Crippen molar-refractivity contribution in [1.29, 1.82) is 0 Å². The fraction of sp³-hybridized carbons (Fsp3) is 0.289. The summed E-state index contributed by atoms with van der Waals surface area (Å²) >= 11 is 13.2. The van der Waals surface area contributed by atoms with Crippen LogP contribution in [0.25, 0.3) is 5.65 Å². The van der Waals surface area contributed by atoms with Crippen LogP contribution in [0, 0.1) is 0 Å². The first-order chi connectivity index (χ1) is 29.9. The molecule has 2 aromatic carbocycles. The molecule has 2 saturated heterocycles. The molecule has 0 bridgehead atoms. The molecular weight excluding hydrogens is 831 g/mol. The number of aromatic nitrogens is 5. The number of rotatable bonds is 10. The van der Waals surface area contributed by atoms with Crippen molar-refractivity contribution >= 4 is 69.5 Å². The number of aliphatic imine (C=N–C) groups is 1. The third-order valence-corrected chi connectivity index (χ3v) is 12.2. The molecule has 7 heterocycles. The highest BCUT2D eigenvalue weighted by Crippen LogP contribution is 2.43. The number of nitrogens with one attached hydrogen (secondary N) is 1. The molecule has 2 unspecified atom stereocenters. The number of halogens is 2. The molecule has 17 heteroatoms. The van der Waals surface area contributed by atoms with Gasteiger partial charge >= 0.3 is 6.03 Å². The van der Waals surface area contributed by atoms with E-state index < -0.39 is 11.4 Å². The van der Waals surface area contributed by atoms with Gasteiger partial charge in [0.15, 0.2) is 5.65 Å². The van der Waals surface area contributed by atoms with E-state index in [-0.39, 0.29) is 51.5 Å². The smallest absolute Gasteiger partial charge is 0.326 e. The lowest BCUT2D eigenvalue weighted by molar-refractivity contribution is -0.0666. The summed E-state index contributed by atoms with van der Waals surface area (Å²) in [5, 5.41) is 7.83. The van der Waals surface area contributed by atoms with E-state index in [1.54, 1.807) is 51.9 Å². The van der Waals surface area contributed by atoms with Crippen LogP contribution in [0.1, 0.15) is 57.2 Å². The first kappa shape index (κ1) is 41.1. The van der Waals surface area contributed by atoms with E-state index in [2.05, 4.69) is 20.4 Å². The summed E-state index contributed by atoms with van der Waals surface area (Å²) in [6, 6.07) is 22.1. The Kier molecular flexibility index (Phi) is 11.0. The molecule has 3 aliphatic rings. The van der Waals surface area contributed by atoms with E-state index in [1.165, 1.54) is 12.3 Å². The van der Waals surface area contributed by atoms with Crippen LogP contribution >= 0.6 is 23.2 Å². The molecule has 9 rings (SSSR count). The molecule has 1 N–H and O–H groups in total. The molecule has 6 aromatic rings.